The number of pyridine rings is 1. The van der Waals surface area contributed by atoms with Crippen molar-refractivity contribution in [2.24, 2.45) is 7.05 Å². The molecule has 0 aliphatic heterocycles. The number of hydrogen-bond acceptors (Lipinski definition) is 0. The molecule has 1 heterocycles. The third kappa shape index (κ3) is 2.31. The van der Waals surface area contributed by atoms with Crippen molar-refractivity contribution in [3.63, 3.8) is 0 Å². The fourth-order valence-electron chi connectivity index (χ4n) is 2.45. The van der Waals surface area contributed by atoms with E-state index in [4.69, 9.17) is 1.37 Å². The van der Waals surface area contributed by atoms with E-state index in [-0.39, 0.29) is 0 Å². The Bertz CT molecular complexity index is 609. The molecule has 1 nitrogen and oxygen atoms in total. The predicted octanol–water partition coefficient (Wildman–Crippen LogP) is 3.92. The second-order valence-corrected chi connectivity index (χ2v) is 5.18. The molecule has 1 heteroatoms. The first-order valence-electron chi connectivity index (χ1n) is 6.87. The molecule has 0 aliphatic rings. The Labute approximate surface area is 112 Å². The summed E-state index contributed by atoms with van der Waals surface area (Å²) in [5, 5.41) is 0. The van der Waals surface area contributed by atoms with Crippen LogP contribution in [0.1, 0.15) is 37.8 Å². The summed E-state index contributed by atoms with van der Waals surface area (Å²) in [5.74, 6) is -0.574. The van der Waals surface area contributed by atoms with Crippen LogP contribution in [0.15, 0.2) is 36.5 Å². The van der Waals surface area contributed by atoms with Gasteiger partial charge in [-0.25, -0.2) is 4.57 Å². The molecule has 0 aliphatic carbocycles. The minimum atomic E-state index is -0.574. The van der Waals surface area contributed by atoms with E-state index in [2.05, 4.69) is 62.0 Å². The molecule has 0 spiro atoms. The number of aromatic nitrogens is 1. The normalized spacial score (nSPS) is 12.4. The highest BCUT2D eigenvalue weighted by Gasteiger charge is 2.16. The van der Waals surface area contributed by atoms with Gasteiger partial charge in [0.2, 0.25) is 5.69 Å². The lowest BCUT2D eigenvalue weighted by molar-refractivity contribution is -0.660. The summed E-state index contributed by atoms with van der Waals surface area (Å²) in [4.78, 5) is 0. The molecular formula is C17H22N+. The van der Waals surface area contributed by atoms with Crippen LogP contribution in [0.25, 0.3) is 11.3 Å². The van der Waals surface area contributed by atoms with Crippen molar-refractivity contribution in [3.8, 4) is 11.3 Å². The zero-order valence-electron chi connectivity index (χ0n) is 12.9. The zero-order valence-corrected chi connectivity index (χ0v) is 11.9. The average Bonchev–Trinajstić information content (AvgIpc) is 2.29. The lowest BCUT2D eigenvalue weighted by Gasteiger charge is -2.11. The van der Waals surface area contributed by atoms with Crippen LogP contribution in [0.2, 0.25) is 0 Å². The molecule has 0 saturated heterocycles. The fourth-order valence-corrected chi connectivity index (χ4v) is 2.45. The van der Waals surface area contributed by atoms with Crippen molar-refractivity contribution in [2.75, 3.05) is 0 Å². The molecule has 0 radical (unpaired) electrons. The molecule has 0 N–H and O–H groups in total. The Morgan fingerprint density at radius 1 is 1.11 bits per heavy atom. The highest BCUT2D eigenvalue weighted by atomic mass is 14.9. The molecule has 1 aromatic heterocycles. The summed E-state index contributed by atoms with van der Waals surface area (Å²) in [6.07, 6.45) is 2.12. The Morgan fingerprint density at radius 2 is 1.78 bits per heavy atom. The Balaban J connectivity index is 2.69. The minimum absolute atomic E-state index is 0.574. The summed E-state index contributed by atoms with van der Waals surface area (Å²) < 4.78 is 10.4. The second-order valence-electron chi connectivity index (χ2n) is 5.18. The first kappa shape index (κ1) is 11.5. The van der Waals surface area contributed by atoms with Crippen LogP contribution in [-0.4, -0.2) is 0 Å². The summed E-state index contributed by atoms with van der Waals surface area (Å²) >= 11 is 0. The van der Waals surface area contributed by atoms with Gasteiger partial charge >= 0.3 is 0 Å². The smallest absolute Gasteiger partial charge is 0.201 e. The lowest BCUT2D eigenvalue weighted by atomic mass is 9.96. The summed E-state index contributed by atoms with van der Waals surface area (Å²) in [6.45, 7) is 8.09. The monoisotopic (exact) mass is 241 g/mol. The average molecular weight is 241 g/mol. The standard InChI is InChI=1S/C17H22N/c1-12(2)16-10-17(18(5)11-14(16)4)15-9-7-6-8-13(15)3/h6-12H,1-5H3/q+1/i12D. The second kappa shape index (κ2) is 4.93. The fraction of sp³-hybridized carbons (Fsp3) is 0.353. The largest absolute Gasteiger partial charge is 0.212 e. The number of rotatable bonds is 2. The number of benzene rings is 1. The highest BCUT2D eigenvalue weighted by molar-refractivity contribution is 5.61. The molecule has 1 aromatic carbocycles. The predicted molar refractivity (Wildman–Crippen MR) is 76.6 cm³/mol. The van der Waals surface area contributed by atoms with Crippen molar-refractivity contribution in [3.05, 3.63) is 53.2 Å². The molecule has 0 unspecified atom stereocenters. The van der Waals surface area contributed by atoms with E-state index < -0.39 is 5.89 Å². The summed E-state index contributed by atoms with van der Waals surface area (Å²) in [7, 11) is 2.06. The van der Waals surface area contributed by atoms with E-state index in [0.717, 1.165) is 5.56 Å². The third-order valence-corrected chi connectivity index (χ3v) is 3.43. The van der Waals surface area contributed by atoms with Crippen LogP contribution in [0, 0.1) is 13.8 Å². The van der Waals surface area contributed by atoms with Crippen LogP contribution >= 0.6 is 0 Å². The van der Waals surface area contributed by atoms with Gasteiger partial charge < -0.3 is 0 Å². The minimum Gasteiger partial charge on any atom is -0.201 e. The van der Waals surface area contributed by atoms with Crippen LogP contribution in [0.3, 0.4) is 0 Å². The maximum absolute atomic E-state index is 8.29. The van der Waals surface area contributed by atoms with Gasteiger partial charge in [0.05, 0.1) is 0 Å². The van der Waals surface area contributed by atoms with Gasteiger partial charge in [-0.05, 0) is 36.9 Å². The summed E-state index contributed by atoms with van der Waals surface area (Å²) in [6, 6.07) is 10.5. The molecule has 0 saturated carbocycles. The van der Waals surface area contributed by atoms with Gasteiger partial charge in [-0.2, -0.15) is 0 Å². The van der Waals surface area contributed by atoms with Crippen LogP contribution in [0.4, 0.5) is 0 Å². The maximum atomic E-state index is 8.29. The number of aryl methyl sites for hydroxylation is 3. The summed E-state index contributed by atoms with van der Waals surface area (Å²) in [5.41, 5.74) is 5.91. The van der Waals surface area contributed by atoms with Crippen molar-refractivity contribution < 1.29 is 5.94 Å². The van der Waals surface area contributed by atoms with Gasteiger partial charge in [0.15, 0.2) is 6.20 Å². The van der Waals surface area contributed by atoms with E-state index in [1.165, 1.54) is 22.4 Å². The van der Waals surface area contributed by atoms with Gasteiger partial charge in [-0.1, -0.05) is 32.0 Å². The molecule has 2 rings (SSSR count). The molecule has 0 atom stereocenters. The van der Waals surface area contributed by atoms with Crippen molar-refractivity contribution in [1.82, 2.24) is 0 Å². The Hall–Kier alpha value is -1.63. The van der Waals surface area contributed by atoms with Gasteiger partial charge in [0.1, 0.15) is 7.05 Å². The van der Waals surface area contributed by atoms with E-state index in [1.54, 1.807) is 0 Å². The molecule has 0 amide bonds. The molecule has 18 heavy (non-hydrogen) atoms. The van der Waals surface area contributed by atoms with Crippen molar-refractivity contribution >= 4 is 0 Å². The van der Waals surface area contributed by atoms with E-state index in [1.807, 2.05) is 13.8 Å². The first-order valence-corrected chi connectivity index (χ1v) is 6.37. The SMILES string of the molecule is [2H]C(C)(C)c1cc(-c2ccccc2C)[n+](C)cc1C. The quantitative estimate of drug-likeness (QED) is 0.702. The zero-order chi connectivity index (χ0) is 14.2. The van der Waals surface area contributed by atoms with Gasteiger partial charge in [0.25, 0.3) is 0 Å². The van der Waals surface area contributed by atoms with Gasteiger partial charge in [-0.3, -0.25) is 0 Å². The van der Waals surface area contributed by atoms with E-state index >= 15 is 0 Å². The van der Waals surface area contributed by atoms with Crippen LogP contribution in [0.5, 0.6) is 0 Å². The topological polar surface area (TPSA) is 3.88 Å². The number of hydrogen-bond donors (Lipinski definition) is 0. The first-order chi connectivity index (χ1) is 8.80. The van der Waals surface area contributed by atoms with E-state index in [9.17, 15) is 0 Å². The molecule has 94 valence electrons. The van der Waals surface area contributed by atoms with Gasteiger partial charge in [-0.15, -0.1) is 0 Å². The molecule has 2 aromatic rings. The number of nitrogens with zero attached hydrogens (tertiary/aromatic N) is 1. The van der Waals surface area contributed by atoms with Crippen molar-refractivity contribution in [2.45, 2.75) is 33.6 Å². The van der Waals surface area contributed by atoms with Crippen LogP contribution < -0.4 is 4.57 Å². The lowest BCUT2D eigenvalue weighted by Crippen LogP contribution is -2.32. The Kier molecular flexibility index (Phi) is 3.14. The molecule has 0 bridgehead atoms. The van der Waals surface area contributed by atoms with Gasteiger partial charge in [0, 0.05) is 18.6 Å². The maximum Gasteiger partial charge on any atom is 0.212 e. The highest BCUT2D eigenvalue weighted by Crippen LogP contribution is 2.25. The van der Waals surface area contributed by atoms with E-state index in [0.29, 0.717) is 0 Å². The molecular weight excluding hydrogens is 218 g/mol. The van der Waals surface area contributed by atoms with Crippen LogP contribution in [-0.2, 0) is 7.05 Å². The van der Waals surface area contributed by atoms with Crippen molar-refractivity contribution in [1.29, 1.82) is 0 Å². The third-order valence-electron chi connectivity index (χ3n) is 3.43. The molecule has 0 fully saturated rings. The Morgan fingerprint density at radius 3 is 2.39 bits per heavy atom.